The number of halogens is 1. The van der Waals surface area contributed by atoms with Crippen LogP contribution in [-0.4, -0.2) is 42.0 Å². The Balaban J connectivity index is 1.43. The van der Waals surface area contributed by atoms with Gasteiger partial charge < -0.3 is 15.5 Å². The molecular formula is C18H24FN3O2. The standard InChI is InChI=1S/C18H24FN3O2/c19-14-7-5-13(6-8-14)17(23)20-16-9-11-22(12-10-16)18(24)21-15-3-1-2-4-15/h5-8,15-16H,1-4,9-12H2,(H,20,23)(H,21,24). The van der Waals surface area contributed by atoms with Crippen LogP contribution in [0.1, 0.15) is 48.9 Å². The van der Waals surface area contributed by atoms with Crippen molar-refractivity contribution in [2.24, 2.45) is 0 Å². The molecule has 1 aromatic carbocycles. The fraction of sp³-hybridized carbons (Fsp3) is 0.556. The Labute approximate surface area is 141 Å². The molecule has 0 bridgehead atoms. The smallest absolute Gasteiger partial charge is 0.317 e. The molecule has 0 atom stereocenters. The maximum absolute atomic E-state index is 12.9. The van der Waals surface area contributed by atoms with Crippen LogP contribution >= 0.6 is 0 Å². The van der Waals surface area contributed by atoms with Gasteiger partial charge in [0.25, 0.3) is 5.91 Å². The molecule has 3 amide bonds. The molecule has 1 saturated heterocycles. The van der Waals surface area contributed by atoms with Crippen LogP contribution in [0.2, 0.25) is 0 Å². The molecule has 24 heavy (non-hydrogen) atoms. The van der Waals surface area contributed by atoms with Gasteiger partial charge >= 0.3 is 6.03 Å². The van der Waals surface area contributed by atoms with E-state index in [0.717, 1.165) is 25.7 Å². The lowest BCUT2D eigenvalue weighted by Gasteiger charge is -2.33. The second-order valence-corrected chi connectivity index (χ2v) is 6.67. The highest BCUT2D eigenvalue weighted by atomic mass is 19.1. The van der Waals surface area contributed by atoms with Crippen molar-refractivity contribution < 1.29 is 14.0 Å². The lowest BCUT2D eigenvalue weighted by molar-refractivity contribution is 0.0917. The minimum Gasteiger partial charge on any atom is -0.349 e. The largest absolute Gasteiger partial charge is 0.349 e. The minimum absolute atomic E-state index is 0.0187. The number of piperidine rings is 1. The molecule has 3 rings (SSSR count). The van der Waals surface area contributed by atoms with Crippen molar-refractivity contribution in [2.75, 3.05) is 13.1 Å². The summed E-state index contributed by atoms with van der Waals surface area (Å²) in [5, 5.41) is 6.07. The maximum Gasteiger partial charge on any atom is 0.317 e. The molecule has 1 saturated carbocycles. The van der Waals surface area contributed by atoms with Gasteiger partial charge in [0.15, 0.2) is 0 Å². The number of amides is 3. The molecule has 2 aliphatic rings. The molecule has 1 aromatic rings. The van der Waals surface area contributed by atoms with E-state index in [0.29, 0.717) is 24.7 Å². The van der Waals surface area contributed by atoms with E-state index in [-0.39, 0.29) is 23.8 Å². The summed E-state index contributed by atoms with van der Waals surface area (Å²) in [6.45, 7) is 1.29. The summed E-state index contributed by atoms with van der Waals surface area (Å²) in [7, 11) is 0. The minimum atomic E-state index is -0.354. The summed E-state index contributed by atoms with van der Waals surface area (Å²) in [6.07, 6.45) is 6.03. The first-order valence-corrected chi connectivity index (χ1v) is 8.74. The Morgan fingerprint density at radius 2 is 1.50 bits per heavy atom. The molecule has 1 aliphatic carbocycles. The van der Waals surface area contributed by atoms with E-state index in [1.54, 1.807) is 0 Å². The number of hydrogen-bond donors (Lipinski definition) is 2. The fourth-order valence-corrected chi connectivity index (χ4v) is 3.43. The first-order valence-electron chi connectivity index (χ1n) is 8.74. The molecule has 1 heterocycles. The van der Waals surface area contributed by atoms with Crippen LogP contribution in [0.4, 0.5) is 9.18 Å². The van der Waals surface area contributed by atoms with Crippen molar-refractivity contribution in [1.82, 2.24) is 15.5 Å². The number of hydrogen-bond acceptors (Lipinski definition) is 2. The normalized spacial score (nSPS) is 19.3. The second kappa shape index (κ2) is 7.64. The van der Waals surface area contributed by atoms with Gasteiger partial charge in [0.1, 0.15) is 5.82 Å². The predicted octanol–water partition coefficient (Wildman–Crippen LogP) is 2.67. The Morgan fingerprint density at radius 3 is 2.12 bits per heavy atom. The van der Waals surface area contributed by atoms with Gasteiger partial charge in [-0.1, -0.05) is 12.8 Å². The van der Waals surface area contributed by atoms with Crippen molar-refractivity contribution in [3.63, 3.8) is 0 Å². The van der Waals surface area contributed by atoms with Gasteiger partial charge in [0, 0.05) is 30.7 Å². The molecule has 0 unspecified atom stereocenters. The van der Waals surface area contributed by atoms with Gasteiger partial charge in [-0.15, -0.1) is 0 Å². The number of benzene rings is 1. The molecule has 6 heteroatoms. The molecule has 0 spiro atoms. The van der Waals surface area contributed by atoms with E-state index >= 15 is 0 Å². The van der Waals surface area contributed by atoms with E-state index < -0.39 is 0 Å². The SMILES string of the molecule is O=C(NC1CCN(C(=O)NC2CCCC2)CC1)c1ccc(F)cc1. The Morgan fingerprint density at radius 1 is 0.917 bits per heavy atom. The highest BCUT2D eigenvalue weighted by Gasteiger charge is 2.26. The topological polar surface area (TPSA) is 61.4 Å². The van der Waals surface area contributed by atoms with Crippen molar-refractivity contribution >= 4 is 11.9 Å². The second-order valence-electron chi connectivity index (χ2n) is 6.67. The van der Waals surface area contributed by atoms with Gasteiger partial charge in [-0.25, -0.2) is 9.18 Å². The van der Waals surface area contributed by atoms with Crippen LogP contribution in [0.5, 0.6) is 0 Å². The monoisotopic (exact) mass is 333 g/mol. The lowest BCUT2D eigenvalue weighted by atomic mass is 10.0. The van der Waals surface area contributed by atoms with Crippen molar-refractivity contribution in [2.45, 2.75) is 50.6 Å². The number of likely N-dealkylation sites (tertiary alicyclic amines) is 1. The third-order valence-corrected chi connectivity index (χ3v) is 4.91. The summed E-state index contributed by atoms with van der Waals surface area (Å²) < 4.78 is 12.9. The third-order valence-electron chi connectivity index (χ3n) is 4.91. The Hall–Kier alpha value is -2.11. The number of nitrogens with one attached hydrogen (secondary N) is 2. The molecule has 2 N–H and O–H groups in total. The number of nitrogens with zero attached hydrogens (tertiary/aromatic N) is 1. The molecule has 130 valence electrons. The van der Waals surface area contributed by atoms with E-state index in [4.69, 9.17) is 0 Å². The van der Waals surface area contributed by atoms with Crippen LogP contribution < -0.4 is 10.6 Å². The predicted molar refractivity (Wildman–Crippen MR) is 89.2 cm³/mol. The highest BCUT2D eigenvalue weighted by Crippen LogP contribution is 2.18. The van der Waals surface area contributed by atoms with Crippen LogP contribution in [0.15, 0.2) is 24.3 Å². The summed E-state index contributed by atoms with van der Waals surface area (Å²) in [5.41, 5.74) is 0.456. The van der Waals surface area contributed by atoms with Gasteiger partial charge in [-0.05, 0) is 49.9 Å². The van der Waals surface area contributed by atoms with Crippen molar-refractivity contribution in [3.8, 4) is 0 Å². The average molecular weight is 333 g/mol. The van der Waals surface area contributed by atoms with Crippen LogP contribution in [0.3, 0.4) is 0 Å². The first kappa shape index (κ1) is 16.7. The summed E-state index contributed by atoms with van der Waals surface area (Å²) in [5.74, 6) is -0.544. The van der Waals surface area contributed by atoms with E-state index in [1.807, 2.05) is 4.90 Å². The van der Waals surface area contributed by atoms with Crippen LogP contribution in [-0.2, 0) is 0 Å². The van der Waals surface area contributed by atoms with Gasteiger partial charge in [-0.3, -0.25) is 4.79 Å². The quantitative estimate of drug-likeness (QED) is 0.893. The Kier molecular flexibility index (Phi) is 5.33. The summed E-state index contributed by atoms with van der Waals surface area (Å²) in [4.78, 5) is 26.2. The van der Waals surface area contributed by atoms with E-state index in [1.165, 1.54) is 37.1 Å². The molecule has 0 radical (unpaired) electrons. The zero-order valence-corrected chi connectivity index (χ0v) is 13.8. The van der Waals surface area contributed by atoms with Crippen molar-refractivity contribution in [3.05, 3.63) is 35.6 Å². The van der Waals surface area contributed by atoms with Crippen LogP contribution in [0.25, 0.3) is 0 Å². The van der Waals surface area contributed by atoms with E-state index in [9.17, 15) is 14.0 Å². The third kappa shape index (κ3) is 4.24. The molecule has 2 fully saturated rings. The van der Waals surface area contributed by atoms with Gasteiger partial charge in [0.2, 0.25) is 0 Å². The molecule has 5 nitrogen and oxygen atoms in total. The lowest BCUT2D eigenvalue weighted by Crippen LogP contribution is -2.51. The number of carbonyl (C=O) groups excluding carboxylic acids is 2. The number of carbonyl (C=O) groups is 2. The molecule has 1 aliphatic heterocycles. The van der Waals surface area contributed by atoms with E-state index in [2.05, 4.69) is 10.6 Å². The van der Waals surface area contributed by atoms with Crippen LogP contribution in [0, 0.1) is 5.82 Å². The maximum atomic E-state index is 12.9. The summed E-state index contributed by atoms with van der Waals surface area (Å²) in [6, 6.07) is 5.93. The first-order chi connectivity index (χ1) is 11.6. The Bertz CT molecular complexity index is 576. The molecular weight excluding hydrogens is 309 g/mol. The summed E-state index contributed by atoms with van der Waals surface area (Å²) >= 11 is 0. The average Bonchev–Trinajstić information content (AvgIpc) is 3.09. The number of urea groups is 1. The number of rotatable bonds is 3. The zero-order valence-electron chi connectivity index (χ0n) is 13.8. The zero-order chi connectivity index (χ0) is 16.9. The van der Waals surface area contributed by atoms with Gasteiger partial charge in [-0.2, -0.15) is 0 Å². The van der Waals surface area contributed by atoms with Gasteiger partial charge in [0.05, 0.1) is 0 Å². The molecule has 0 aromatic heterocycles. The van der Waals surface area contributed by atoms with Crippen molar-refractivity contribution in [1.29, 1.82) is 0 Å². The highest BCUT2D eigenvalue weighted by molar-refractivity contribution is 5.94. The fourth-order valence-electron chi connectivity index (χ4n) is 3.43.